The molecule has 0 spiro atoms. The Morgan fingerprint density at radius 1 is 1.53 bits per heavy atom. The summed E-state index contributed by atoms with van der Waals surface area (Å²) in [6.45, 7) is 0. The minimum absolute atomic E-state index is 0.0304. The number of aromatic nitrogens is 1. The fourth-order valence-electron chi connectivity index (χ4n) is 0.672. The van der Waals surface area contributed by atoms with Gasteiger partial charge in [0.15, 0.2) is 5.13 Å². The summed E-state index contributed by atoms with van der Waals surface area (Å²) in [7, 11) is 1.06. The summed E-state index contributed by atoms with van der Waals surface area (Å²) in [4.78, 5) is 35.7. The van der Waals surface area contributed by atoms with E-state index in [2.05, 4.69) is 15.0 Å². The Morgan fingerprint density at radius 2 is 2.20 bits per heavy atom. The van der Waals surface area contributed by atoms with Crippen LogP contribution in [0.3, 0.4) is 0 Å². The lowest BCUT2D eigenvalue weighted by Gasteiger charge is -1.97. The fraction of sp³-hybridized carbons (Fsp3) is 0.143. The van der Waals surface area contributed by atoms with E-state index in [-0.39, 0.29) is 10.0 Å². The average molecular weight is 230 g/mol. The smallest absolute Gasteiger partial charge is 0.396 e. The van der Waals surface area contributed by atoms with E-state index in [9.17, 15) is 14.4 Å². The SMILES string of the molecule is COC(=O)C(=O)Nc1ncc(C(=O)O)s1. The number of carbonyl (C=O) groups is 3. The summed E-state index contributed by atoms with van der Waals surface area (Å²) in [6.07, 6.45) is 1.08. The number of rotatable bonds is 2. The lowest BCUT2D eigenvalue weighted by atomic mass is 10.6. The topological polar surface area (TPSA) is 106 Å². The van der Waals surface area contributed by atoms with E-state index in [0.717, 1.165) is 24.6 Å². The molecule has 0 unspecified atom stereocenters. The summed E-state index contributed by atoms with van der Waals surface area (Å²) in [5.74, 6) is -3.21. The Morgan fingerprint density at radius 3 is 2.67 bits per heavy atom. The summed E-state index contributed by atoms with van der Waals surface area (Å²) in [5.41, 5.74) is 0. The number of amides is 1. The Labute approximate surface area is 87.7 Å². The second-order valence-corrected chi connectivity index (χ2v) is 3.31. The van der Waals surface area contributed by atoms with Gasteiger partial charge in [0.2, 0.25) is 0 Å². The molecule has 15 heavy (non-hydrogen) atoms. The number of hydrogen-bond acceptors (Lipinski definition) is 6. The molecule has 1 aromatic rings. The first-order valence-electron chi connectivity index (χ1n) is 3.63. The molecule has 1 heterocycles. The molecule has 0 atom stereocenters. The van der Waals surface area contributed by atoms with Gasteiger partial charge in [-0.05, 0) is 0 Å². The third kappa shape index (κ3) is 2.74. The molecule has 0 saturated heterocycles. The Bertz CT molecular complexity index is 413. The summed E-state index contributed by atoms with van der Waals surface area (Å²) in [5, 5.41) is 10.7. The van der Waals surface area contributed by atoms with Gasteiger partial charge in [0.1, 0.15) is 4.88 Å². The van der Waals surface area contributed by atoms with E-state index in [1.807, 2.05) is 0 Å². The zero-order chi connectivity index (χ0) is 11.4. The molecule has 0 radical (unpaired) electrons. The Hall–Kier alpha value is -1.96. The molecule has 0 aromatic carbocycles. The van der Waals surface area contributed by atoms with Crippen molar-refractivity contribution in [1.29, 1.82) is 0 Å². The van der Waals surface area contributed by atoms with E-state index in [4.69, 9.17) is 5.11 Å². The summed E-state index contributed by atoms with van der Waals surface area (Å²) < 4.78 is 4.15. The second kappa shape index (κ2) is 4.51. The molecular formula is C7H6N2O5S. The van der Waals surface area contributed by atoms with Crippen LogP contribution in [0.15, 0.2) is 6.20 Å². The highest BCUT2D eigenvalue weighted by atomic mass is 32.1. The Kier molecular flexibility index (Phi) is 3.34. The molecule has 0 fully saturated rings. The number of carboxylic acids is 1. The van der Waals surface area contributed by atoms with Gasteiger partial charge in [-0.25, -0.2) is 14.6 Å². The maximum atomic E-state index is 11.0. The first kappa shape index (κ1) is 11.1. The lowest BCUT2D eigenvalue weighted by molar-refractivity contribution is -0.150. The average Bonchev–Trinajstić information content (AvgIpc) is 2.65. The molecule has 0 aliphatic carbocycles. The number of carbonyl (C=O) groups excluding carboxylic acids is 2. The van der Waals surface area contributed by atoms with Gasteiger partial charge in [0.05, 0.1) is 13.3 Å². The number of ether oxygens (including phenoxy) is 1. The molecule has 0 aliphatic rings. The minimum Gasteiger partial charge on any atom is -0.477 e. The number of nitrogens with one attached hydrogen (secondary N) is 1. The van der Waals surface area contributed by atoms with Crippen LogP contribution >= 0.6 is 11.3 Å². The van der Waals surface area contributed by atoms with Crippen molar-refractivity contribution in [2.75, 3.05) is 12.4 Å². The highest BCUT2D eigenvalue weighted by molar-refractivity contribution is 7.17. The van der Waals surface area contributed by atoms with E-state index >= 15 is 0 Å². The van der Waals surface area contributed by atoms with Crippen molar-refractivity contribution in [3.8, 4) is 0 Å². The third-order valence-electron chi connectivity index (χ3n) is 1.31. The third-order valence-corrected chi connectivity index (χ3v) is 2.21. The van der Waals surface area contributed by atoms with Gasteiger partial charge in [-0.1, -0.05) is 11.3 Å². The van der Waals surface area contributed by atoms with Crippen molar-refractivity contribution in [1.82, 2.24) is 4.98 Å². The molecule has 1 amide bonds. The number of aromatic carboxylic acids is 1. The van der Waals surface area contributed by atoms with Crippen molar-refractivity contribution in [2.45, 2.75) is 0 Å². The zero-order valence-electron chi connectivity index (χ0n) is 7.51. The maximum absolute atomic E-state index is 11.0. The van der Waals surface area contributed by atoms with Gasteiger partial charge < -0.3 is 9.84 Å². The Balaban J connectivity index is 2.69. The summed E-state index contributed by atoms with van der Waals surface area (Å²) >= 11 is 0.747. The fourth-order valence-corrected chi connectivity index (χ4v) is 1.32. The lowest BCUT2D eigenvalue weighted by Crippen LogP contribution is -2.23. The van der Waals surface area contributed by atoms with Crippen LogP contribution in [0.4, 0.5) is 5.13 Å². The van der Waals surface area contributed by atoms with E-state index in [0.29, 0.717) is 0 Å². The van der Waals surface area contributed by atoms with Crippen LogP contribution in [0.2, 0.25) is 0 Å². The highest BCUT2D eigenvalue weighted by Gasteiger charge is 2.16. The number of esters is 1. The molecule has 7 nitrogen and oxygen atoms in total. The van der Waals surface area contributed by atoms with Crippen molar-refractivity contribution in [3.63, 3.8) is 0 Å². The van der Waals surface area contributed by atoms with E-state index in [1.165, 1.54) is 0 Å². The van der Waals surface area contributed by atoms with Crippen LogP contribution in [0.1, 0.15) is 9.67 Å². The molecule has 80 valence electrons. The first-order chi connectivity index (χ1) is 7.04. The van der Waals surface area contributed by atoms with E-state index in [1.54, 1.807) is 0 Å². The molecule has 0 bridgehead atoms. The largest absolute Gasteiger partial charge is 0.477 e. The quantitative estimate of drug-likeness (QED) is 0.545. The number of thiazole rings is 1. The van der Waals surface area contributed by atoms with Gasteiger partial charge >= 0.3 is 17.8 Å². The highest BCUT2D eigenvalue weighted by Crippen LogP contribution is 2.17. The van der Waals surface area contributed by atoms with Gasteiger partial charge in [-0.15, -0.1) is 0 Å². The molecular weight excluding hydrogens is 224 g/mol. The van der Waals surface area contributed by atoms with Crippen molar-refractivity contribution < 1.29 is 24.2 Å². The molecule has 1 aromatic heterocycles. The monoisotopic (exact) mass is 230 g/mol. The molecule has 8 heteroatoms. The van der Waals surface area contributed by atoms with Crippen LogP contribution in [0.25, 0.3) is 0 Å². The number of nitrogens with zero attached hydrogens (tertiary/aromatic N) is 1. The van der Waals surface area contributed by atoms with Crippen LogP contribution in [0.5, 0.6) is 0 Å². The molecule has 1 rings (SSSR count). The van der Waals surface area contributed by atoms with Crippen LogP contribution in [0, 0.1) is 0 Å². The van der Waals surface area contributed by atoms with Gasteiger partial charge in [0.25, 0.3) is 0 Å². The predicted molar refractivity (Wildman–Crippen MR) is 49.7 cm³/mol. The van der Waals surface area contributed by atoms with E-state index < -0.39 is 17.8 Å². The standard InChI is InChI=1S/C7H6N2O5S/c1-14-6(13)4(10)9-7-8-2-3(15-7)5(11)12/h2H,1H3,(H,11,12)(H,8,9,10). The molecule has 0 saturated carbocycles. The normalized spacial score (nSPS) is 9.40. The van der Waals surface area contributed by atoms with Crippen LogP contribution < -0.4 is 5.32 Å². The number of hydrogen-bond donors (Lipinski definition) is 2. The zero-order valence-corrected chi connectivity index (χ0v) is 8.33. The van der Waals surface area contributed by atoms with Gasteiger partial charge in [0, 0.05) is 0 Å². The van der Waals surface area contributed by atoms with Gasteiger partial charge in [-0.2, -0.15) is 0 Å². The molecule has 2 N–H and O–H groups in total. The number of carboxylic acid groups (broad SMARTS) is 1. The van der Waals surface area contributed by atoms with Crippen LogP contribution in [-0.4, -0.2) is 35.0 Å². The minimum atomic E-state index is -1.15. The van der Waals surface area contributed by atoms with Crippen molar-refractivity contribution >= 4 is 34.3 Å². The van der Waals surface area contributed by atoms with Crippen molar-refractivity contribution in [2.24, 2.45) is 0 Å². The summed E-state index contributed by atoms with van der Waals surface area (Å²) in [6, 6.07) is 0. The molecule has 0 aliphatic heterocycles. The van der Waals surface area contributed by atoms with Crippen LogP contribution in [-0.2, 0) is 14.3 Å². The number of methoxy groups -OCH3 is 1. The second-order valence-electron chi connectivity index (χ2n) is 2.28. The maximum Gasteiger partial charge on any atom is 0.396 e. The van der Waals surface area contributed by atoms with Crippen molar-refractivity contribution in [3.05, 3.63) is 11.1 Å². The van der Waals surface area contributed by atoms with Gasteiger partial charge in [-0.3, -0.25) is 10.1 Å². The first-order valence-corrected chi connectivity index (χ1v) is 4.44. The number of anilines is 1. The predicted octanol–water partition coefficient (Wildman–Crippen LogP) is -0.0472.